The molecule has 1 aliphatic heterocycles. The van der Waals surface area contributed by atoms with Crippen molar-refractivity contribution in [2.24, 2.45) is 0 Å². The van der Waals surface area contributed by atoms with Crippen LogP contribution < -0.4 is 5.32 Å². The molecule has 9 atom stereocenters. The number of hydrogen-bond donors (Lipinski definition) is 8. The summed E-state index contributed by atoms with van der Waals surface area (Å²) in [7, 11) is 0. The van der Waals surface area contributed by atoms with E-state index in [1.54, 1.807) is 0 Å². The van der Waals surface area contributed by atoms with Crippen LogP contribution in [0, 0.1) is 0 Å². The summed E-state index contributed by atoms with van der Waals surface area (Å²) in [6.45, 7) is 3.44. The van der Waals surface area contributed by atoms with Crippen LogP contribution in [0.1, 0.15) is 232 Å². The van der Waals surface area contributed by atoms with Crippen LogP contribution in [0.25, 0.3) is 0 Å². The average Bonchev–Trinajstić information content (AvgIpc) is 3.28. The van der Waals surface area contributed by atoms with E-state index in [2.05, 4.69) is 43.5 Å². The van der Waals surface area contributed by atoms with Crippen molar-refractivity contribution in [2.45, 2.75) is 287 Å². The third-order valence-corrected chi connectivity index (χ3v) is 12.7. The molecule has 0 saturated carbocycles. The van der Waals surface area contributed by atoms with Crippen LogP contribution in [0.5, 0.6) is 0 Å². The Kier molecular flexibility index (Phi) is 39.7. The van der Waals surface area contributed by atoms with Gasteiger partial charge in [-0.1, -0.05) is 205 Å². The second kappa shape index (κ2) is 42.0. The van der Waals surface area contributed by atoms with Gasteiger partial charge >= 0.3 is 0 Å². The van der Waals surface area contributed by atoms with Crippen molar-refractivity contribution in [3.8, 4) is 0 Å². The van der Waals surface area contributed by atoms with Gasteiger partial charge in [-0.05, 0) is 51.4 Å². The van der Waals surface area contributed by atoms with E-state index < -0.39 is 74.2 Å². The van der Waals surface area contributed by atoms with Crippen LogP contribution in [0.3, 0.4) is 0 Å². The Balaban J connectivity index is 2.40. The minimum Gasteiger partial charge on any atom is -0.394 e. The van der Waals surface area contributed by atoms with E-state index in [4.69, 9.17) is 9.47 Å². The van der Waals surface area contributed by atoms with Crippen molar-refractivity contribution in [1.29, 1.82) is 0 Å². The predicted octanol–water partition coefficient (Wildman–Crippen LogP) is 9.79. The number of rotatable bonds is 44. The lowest BCUT2D eigenvalue weighted by molar-refractivity contribution is -0.303. The predicted molar refractivity (Wildman–Crippen MR) is 256 cm³/mol. The number of allylic oxidation sites excluding steroid dienone is 4. The second-order valence-corrected chi connectivity index (χ2v) is 18.6. The first-order valence-corrected chi connectivity index (χ1v) is 26.2. The summed E-state index contributed by atoms with van der Waals surface area (Å²) in [5.74, 6) is -0.708. The minimum atomic E-state index is -1.67. The zero-order valence-electron chi connectivity index (χ0n) is 40.3. The molecule has 1 amide bonds. The van der Waals surface area contributed by atoms with Gasteiger partial charge in [-0.25, -0.2) is 0 Å². The van der Waals surface area contributed by atoms with E-state index in [0.29, 0.717) is 19.3 Å². The number of aliphatic hydroxyl groups excluding tert-OH is 7. The Morgan fingerprint density at radius 1 is 0.540 bits per heavy atom. The molecule has 0 spiro atoms. The van der Waals surface area contributed by atoms with Gasteiger partial charge in [0.05, 0.1) is 25.4 Å². The fraction of sp³-hybridized carbons (Fsp3) is 0.904. The molecule has 0 aromatic heterocycles. The smallest absolute Gasteiger partial charge is 0.249 e. The van der Waals surface area contributed by atoms with Gasteiger partial charge in [-0.2, -0.15) is 0 Å². The van der Waals surface area contributed by atoms with E-state index in [1.807, 2.05) is 0 Å². The maximum absolute atomic E-state index is 13.1. The summed E-state index contributed by atoms with van der Waals surface area (Å²) >= 11 is 0. The van der Waals surface area contributed by atoms with E-state index in [0.717, 1.165) is 38.5 Å². The van der Waals surface area contributed by atoms with Crippen molar-refractivity contribution in [3.63, 3.8) is 0 Å². The maximum atomic E-state index is 13.1. The number of unbranched alkanes of at least 4 members (excludes halogenated alkanes) is 28. The molecule has 8 N–H and O–H groups in total. The normalized spacial score (nSPS) is 21.3. The van der Waals surface area contributed by atoms with Crippen LogP contribution in [-0.2, 0) is 14.3 Å². The molecule has 63 heavy (non-hydrogen) atoms. The number of ether oxygens (including phenoxy) is 2. The van der Waals surface area contributed by atoms with E-state index in [9.17, 15) is 40.5 Å². The summed E-state index contributed by atoms with van der Waals surface area (Å²) in [6.07, 6.45) is 36.5. The quantitative estimate of drug-likeness (QED) is 0.0216. The van der Waals surface area contributed by atoms with Gasteiger partial charge in [0.1, 0.15) is 36.6 Å². The molecule has 1 rings (SSSR count). The summed E-state index contributed by atoms with van der Waals surface area (Å²) in [5, 5.41) is 75.9. The van der Waals surface area contributed by atoms with Crippen LogP contribution in [0.4, 0.5) is 0 Å². The SMILES string of the molecule is CCCCCCCCCC/C=C/CC/C=C/CCCC(O)C(O)C(COC1OC(CO)C(O)C(O)C1O)NC(=O)C(O)CCCCCCCCCCCCCCCCCCCCC. The lowest BCUT2D eigenvalue weighted by Gasteiger charge is -2.40. The van der Waals surface area contributed by atoms with Crippen molar-refractivity contribution < 1.29 is 50.0 Å². The van der Waals surface area contributed by atoms with E-state index in [1.165, 1.54) is 148 Å². The average molecular weight is 898 g/mol. The Hall–Kier alpha value is -1.41. The molecule has 11 heteroatoms. The molecule has 0 aromatic carbocycles. The van der Waals surface area contributed by atoms with Gasteiger partial charge < -0.3 is 50.5 Å². The van der Waals surface area contributed by atoms with Crippen molar-refractivity contribution >= 4 is 5.91 Å². The molecule has 1 saturated heterocycles. The standard InChI is InChI=1S/C52H99NO10/c1-3-5-7-9-11-13-15-17-19-21-22-24-26-28-30-32-34-36-38-40-45(56)51(61)53-43(42-62-52-50(60)49(59)48(58)46(41-54)63-52)47(57)44(55)39-37-35-33-31-29-27-25-23-20-18-16-14-12-10-8-6-4-2/h23,25,31,33,43-50,52,54-60H,3-22,24,26-30,32,34-42H2,1-2H3,(H,53,61)/b25-23+,33-31+. The Morgan fingerprint density at radius 3 is 1.41 bits per heavy atom. The van der Waals surface area contributed by atoms with E-state index >= 15 is 0 Å². The highest BCUT2D eigenvalue weighted by Crippen LogP contribution is 2.23. The first-order chi connectivity index (χ1) is 30.7. The van der Waals surface area contributed by atoms with Gasteiger partial charge in [0.2, 0.25) is 5.91 Å². The first-order valence-electron chi connectivity index (χ1n) is 26.2. The number of carbonyl (C=O) groups is 1. The molecular formula is C52H99NO10. The lowest BCUT2D eigenvalue weighted by Crippen LogP contribution is -2.60. The fourth-order valence-corrected chi connectivity index (χ4v) is 8.40. The number of aliphatic hydroxyl groups is 7. The molecule has 11 nitrogen and oxygen atoms in total. The lowest BCUT2D eigenvalue weighted by atomic mass is 9.98. The fourth-order valence-electron chi connectivity index (χ4n) is 8.40. The number of carbonyl (C=O) groups excluding carboxylic acids is 1. The summed E-state index contributed by atoms with van der Waals surface area (Å²) in [4.78, 5) is 13.1. The zero-order chi connectivity index (χ0) is 46.2. The van der Waals surface area contributed by atoms with E-state index in [-0.39, 0.29) is 12.8 Å². The third kappa shape index (κ3) is 31.2. The van der Waals surface area contributed by atoms with Gasteiger partial charge in [0.15, 0.2) is 6.29 Å². The van der Waals surface area contributed by atoms with Gasteiger partial charge in [-0.15, -0.1) is 0 Å². The van der Waals surface area contributed by atoms with Gasteiger partial charge in [0, 0.05) is 0 Å². The molecular weight excluding hydrogens is 799 g/mol. The highest BCUT2D eigenvalue weighted by molar-refractivity contribution is 5.80. The summed E-state index contributed by atoms with van der Waals surface area (Å²) < 4.78 is 11.1. The third-order valence-electron chi connectivity index (χ3n) is 12.7. The number of hydrogen-bond acceptors (Lipinski definition) is 10. The van der Waals surface area contributed by atoms with Crippen LogP contribution in [0.15, 0.2) is 24.3 Å². The molecule has 1 fully saturated rings. The van der Waals surface area contributed by atoms with Crippen LogP contribution in [-0.4, -0.2) is 110 Å². The molecule has 1 aliphatic rings. The molecule has 0 aliphatic carbocycles. The van der Waals surface area contributed by atoms with Crippen LogP contribution in [0.2, 0.25) is 0 Å². The minimum absolute atomic E-state index is 0.248. The molecule has 1 heterocycles. The van der Waals surface area contributed by atoms with Crippen molar-refractivity contribution in [3.05, 3.63) is 24.3 Å². The van der Waals surface area contributed by atoms with Crippen LogP contribution >= 0.6 is 0 Å². The molecule has 0 bridgehead atoms. The Bertz CT molecular complexity index is 1080. The molecule has 0 radical (unpaired) electrons. The van der Waals surface area contributed by atoms with Gasteiger partial charge in [0.25, 0.3) is 0 Å². The Labute approximate surface area is 384 Å². The van der Waals surface area contributed by atoms with Crippen molar-refractivity contribution in [1.82, 2.24) is 5.32 Å². The largest absolute Gasteiger partial charge is 0.394 e. The van der Waals surface area contributed by atoms with Crippen molar-refractivity contribution in [2.75, 3.05) is 13.2 Å². The zero-order valence-corrected chi connectivity index (χ0v) is 40.3. The number of nitrogens with one attached hydrogen (secondary N) is 1. The molecule has 0 aromatic rings. The first kappa shape index (κ1) is 59.6. The highest BCUT2D eigenvalue weighted by atomic mass is 16.7. The second-order valence-electron chi connectivity index (χ2n) is 18.6. The summed E-state index contributed by atoms with van der Waals surface area (Å²) in [6, 6.07) is -1.19. The highest BCUT2D eigenvalue weighted by Gasteiger charge is 2.44. The van der Waals surface area contributed by atoms with Gasteiger partial charge in [-0.3, -0.25) is 4.79 Å². The Morgan fingerprint density at radius 2 is 0.952 bits per heavy atom. The topological polar surface area (TPSA) is 189 Å². The monoisotopic (exact) mass is 898 g/mol. The molecule has 9 unspecified atom stereocenters. The summed E-state index contributed by atoms with van der Waals surface area (Å²) in [5.41, 5.74) is 0. The maximum Gasteiger partial charge on any atom is 0.249 e. The molecule has 372 valence electrons. The number of amides is 1.